The normalized spacial score (nSPS) is 16.6. The van der Waals surface area contributed by atoms with Crippen LogP contribution in [-0.4, -0.2) is 49.9 Å². The van der Waals surface area contributed by atoms with E-state index in [4.69, 9.17) is 9.72 Å². The van der Waals surface area contributed by atoms with Gasteiger partial charge in [-0.05, 0) is 29.9 Å². The average molecular weight is 470 g/mol. The molecule has 3 aromatic heterocycles. The van der Waals surface area contributed by atoms with Gasteiger partial charge in [0, 0.05) is 98.6 Å². The Balaban J connectivity index is 1.47. The van der Waals surface area contributed by atoms with Crippen molar-refractivity contribution in [3.63, 3.8) is 0 Å². The van der Waals surface area contributed by atoms with Crippen LogP contribution >= 0.6 is 0 Å². The summed E-state index contributed by atoms with van der Waals surface area (Å²) in [6, 6.07) is 9.06. The van der Waals surface area contributed by atoms with Crippen molar-refractivity contribution < 1.29 is 9.53 Å². The quantitative estimate of drug-likeness (QED) is 0.433. The van der Waals surface area contributed by atoms with Crippen molar-refractivity contribution in [3.05, 3.63) is 60.3 Å². The van der Waals surface area contributed by atoms with Crippen molar-refractivity contribution in [3.8, 4) is 22.4 Å². The highest BCUT2D eigenvalue weighted by Crippen LogP contribution is 2.39. The van der Waals surface area contributed by atoms with Crippen LogP contribution < -0.4 is 0 Å². The summed E-state index contributed by atoms with van der Waals surface area (Å²) in [7, 11) is 1.92. The zero-order chi connectivity index (χ0) is 23.9. The monoisotopic (exact) mass is 469 g/mol. The molecule has 5 heterocycles. The van der Waals surface area contributed by atoms with Gasteiger partial charge >= 0.3 is 0 Å². The second-order valence-corrected chi connectivity index (χ2v) is 9.64. The van der Waals surface area contributed by atoms with Crippen LogP contribution in [0.3, 0.4) is 0 Å². The van der Waals surface area contributed by atoms with E-state index in [2.05, 4.69) is 40.1 Å². The average Bonchev–Trinajstić information content (AvgIpc) is 3.51. The molecule has 1 fully saturated rings. The van der Waals surface area contributed by atoms with Crippen molar-refractivity contribution in [2.24, 2.45) is 7.05 Å². The van der Waals surface area contributed by atoms with Crippen molar-refractivity contribution in [1.82, 2.24) is 24.2 Å². The van der Waals surface area contributed by atoms with Gasteiger partial charge in [0.25, 0.3) is 0 Å². The first kappa shape index (κ1) is 22.0. The number of aromatic nitrogens is 4. The maximum absolute atomic E-state index is 12.6. The Hall–Kier alpha value is -3.45. The number of benzene rings is 1. The molecule has 0 aliphatic carbocycles. The summed E-state index contributed by atoms with van der Waals surface area (Å²) in [6.45, 7) is 5.02. The largest absolute Gasteiger partial charge is 0.381 e. The number of rotatable bonds is 4. The van der Waals surface area contributed by atoms with Gasteiger partial charge in [-0.1, -0.05) is 25.1 Å². The lowest BCUT2D eigenvalue weighted by atomic mass is 9.95. The fraction of sp³-hybridized carbons (Fsp3) is 0.393. The predicted molar refractivity (Wildman–Crippen MR) is 136 cm³/mol. The number of aryl methyl sites for hydroxylation is 1. The number of carbonyl (C=O) groups excluding carboxylic acids is 1. The number of pyridine rings is 1. The van der Waals surface area contributed by atoms with Gasteiger partial charge in [-0.25, -0.2) is 0 Å². The number of hydrogen-bond acceptors (Lipinski definition) is 4. The molecule has 0 atom stereocenters. The Morgan fingerprint density at radius 3 is 2.77 bits per heavy atom. The highest BCUT2D eigenvalue weighted by molar-refractivity contribution is 5.98. The number of amides is 1. The minimum Gasteiger partial charge on any atom is -0.381 e. The van der Waals surface area contributed by atoms with Gasteiger partial charge in [0.05, 0.1) is 11.9 Å². The minimum atomic E-state index is 0.223. The van der Waals surface area contributed by atoms with E-state index < -0.39 is 0 Å². The fourth-order valence-corrected chi connectivity index (χ4v) is 5.65. The van der Waals surface area contributed by atoms with Gasteiger partial charge in [-0.15, -0.1) is 0 Å². The van der Waals surface area contributed by atoms with Gasteiger partial charge in [-0.2, -0.15) is 5.10 Å². The molecule has 35 heavy (non-hydrogen) atoms. The standard InChI is InChI=1S/C28H31N5O2/c1-3-28(34)32-10-7-27-25(17-32)24(18-33(27)21-8-11-35-12-9-21)22-6-4-5-19-13-26(29-15-23(19)22)20-14-30-31(2)16-20/h4-6,13-16,18,21H,3,7-12,17H2,1-2H3. The second-order valence-electron chi connectivity index (χ2n) is 9.64. The van der Waals surface area contributed by atoms with Gasteiger partial charge in [-0.3, -0.25) is 14.5 Å². The van der Waals surface area contributed by atoms with Crippen LogP contribution in [0.5, 0.6) is 0 Å². The Bertz CT molecular complexity index is 1400. The maximum atomic E-state index is 12.6. The lowest BCUT2D eigenvalue weighted by Crippen LogP contribution is -2.36. The molecule has 1 aromatic carbocycles. The summed E-state index contributed by atoms with van der Waals surface area (Å²) in [4.78, 5) is 19.4. The van der Waals surface area contributed by atoms with Gasteiger partial charge < -0.3 is 14.2 Å². The van der Waals surface area contributed by atoms with Gasteiger partial charge in [0.2, 0.25) is 5.91 Å². The molecule has 0 spiro atoms. The van der Waals surface area contributed by atoms with E-state index in [0.717, 1.165) is 61.1 Å². The maximum Gasteiger partial charge on any atom is 0.222 e. The molecule has 4 aromatic rings. The Kier molecular flexibility index (Phi) is 5.65. The lowest BCUT2D eigenvalue weighted by molar-refractivity contribution is -0.131. The first-order valence-electron chi connectivity index (χ1n) is 12.6. The number of nitrogens with zero attached hydrogens (tertiary/aromatic N) is 5. The molecule has 1 saturated heterocycles. The van der Waals surface area contributed by atoms with E-state index in [0.29, 0.717) is 19.0 Å². The fourth-order valence-electron chi connectivity index (χ4n) is 5.65. The van der Waals surface area contributed by atoms with Gasteiger partial charge in [0.1, 0.15) is 0 Å². The summed E-state index contributed by atoms with van der Waals surface area (Å²) in [5, 5.41) is 6.58. The summed E-state index contributed by atoms with van der Waals surface area (Å²) in [6.07, 6.45) is 11.7. The van der Waals surface area contributed by atoms with Crippen LogP contribution in [0.2, 0.25) is 0 Å². The molecule has 7 nitrogen and oxygen atoms in total. The van der Waals surface area contributed by atoms with Crippen molar-refractivity contribution in [2.45, 2.75) is 45.2 Å². The number of ether oxygens (including phenoxy) is 1. The second kappa shape index (κ2) is 8.96. The van der Waals surface area contributed by atoms with Crippen LogP contribution in [-0.2, 0) is 29.5 Å². The Labute approximate surface area is 205 Å². The van der Waals surface area contributed by atoms with Crippen LogP contribution in [0.25, 0.3) is 33.2 Å². The SMILES string of the molecule is CCC(=O)N1CCc2c(c(-c3cccc4cc(-c5cnn(C)c5)ncc34)cn2C2CCOCC2)C1. The first-order chi connectivity index (χ1) is 17.1. The van der Waals surface area contributed by atoms with Crippen LogP contribution in [0.4, 0.5) is 0 Å². The van der Waals surface area contributed by atoms with Gasteiger partial charge in [0.15, 0.2) is 0 Å². The highest BCUT2D eigenvalue weighted by Gasteiger charge is 2.29. The summed E-state index contributed by atoms with van der Waals surface area (Å²) in [5.74, 6) is 0.223. The molecule has 0 radical (unpaired) electrons. The number of hydrogen-bond donors (Lipinski definition) is 0. The van der Waals surface area contributed by atoms with Crippen molar-refractivity contribution >= 4 is 16.7 Å². The van der Waals surface area contributed by atoms with Crippen molar-refractivity contribution in [2.75, 3.05) is 19.8 Å². The number of carbonyl (C=O) groups is 1. The molecular formula is C28H31N5O2. The molecule has 0 unspecified atom stereocenters. The molecule has 1 amide bonds. The molecule has 0 bridgehead atoms. The Morgan fingerprint density at radius 2 is 2.00 bits per heavy atom. The molecule has 7 heteroatoms. The van der Waals surface area contributed by atoms with E-state index in [9.17, 15) is 4.79 Å². The van der Waals surface area contributed by atoms with E-state index in [1.807, 2.05) is 37.5 Å². The predicted octanol–water partition coefficient (Wildman–Crippen LogP) is 4.75. The molecule has 180 valence electrons. The summed E-state index contributed by atoms with van der Waals surface area (Å²) < 4.78 is 9.94. The molecular weight excluding hydrogens is 438 g/mol. The first-order valence-corrected chi connectivity index (χ1v) is 12.6. The van der Waals surface area contributed by atoms with Crippen LogP contribution in [0.15, 0.2) is 49.1 Å². The molecule has 6 rings (SSSR count). The third-order valence-electron chi connectivity index (χ3n) is 7.52. The van der Waals surface area contributed by atoms with Crippen molar-refractivity contribution in [1.29, 1.82) is 0 Å². The molecule has 0 saturated carbocycles. The summed E-state index contributed by atoms with van der Waals surface area (Å²) in [5.41, 5.74) is 7.00. The zero-order valence-electron chi connectivity index (χ0n) is 20.4. The third kappa shape index (κ3) is 3.93. The highest BCUT2D eigenvalue weighted by atomic mass is 16.5. The van der Waals surface area contributed by atoms with Crippen LogP contribution in [0, 0.1) is 0 Å². The molecule has 2 aliphatic rings. The third-order valence-corrected chi connectivity index (χ3v) is 7.52. The number of fused-ring (bicyclic) bond motifs is 2. The lowest BCUT2D eigenvalue weighted by Gasteiger charge is -2.31. The molecule has 0 N–H and O–H groups in total. The zero-order valence-corrected chi connectivity index (χ0v) is 20.4. The Morgan fingerprint density at radius 1 is 1.14 bits per heavy atom. The minimum absolute atomic E-state index is 0.223. The molecule has 2 aliphatic heterocycles. The van der Waals surface area contributed by atoms with Crippen LogP contribution in [0.1, 0.15) is 43.5 Å². The van der Waals surface area contributed by atoms with E-state index in [-0.39, 0.29) is 5.91 Å². The smallest absolute Gasteiger partial charge is 0.222 e. The van der Waals surface area contributed by atoms with E-state index in [1.54, 1.807) is 4.68 Å². The topological polar surface area (TPSA) is 65.2 Å². The van der Waals surface area contributed by atoms with E-state index in [1.165, 1.54) is 22.4 Å². The van der Waals surface area contributed by atoms with E-state index >= 15 is 0 Å². The summed E-state index contributed by atoms with van der Waals surface area (Å²) >= 11 is 0.